The molecule has 2 atom stereocenters. The predicted octanol–water partition coefficient (Wildman–Crippen LogP) is 4.17. The minimum atomic E-state index is -1.15. The van der Waals surface area contributed by atoms with Crippen molar-refractivity contribution >= 4 is 71.5 Å². The Morgan fingerprint density at radius 1 is 0.771 bits per heavy atom. The zero-order valence-electron chi connectivity index (χ0n) is 18.9. The summed E-state index contributed by atoms with van der Waals surface area (Å²) in [5.41, 5.74) is 0.681. The van der Waals surface area contributed by atoms with E-state index in [9.17, 15) is 24.3 Å². The van der Waals surface area contributed by atoms with Crippen LogP contribution in [-0.2, 0) is 28.7 Å². The number of nitrogens with one attached hydrogen (secondary N) is 2. The van der Waals surface area contributed by atoms with E-state index >= 15 is 0 Å². The summed E-state index contributed by atoms with van der Waals surface area (Å²) in [4.78, 5) is 47.6. The van der Waals surface area contributed by atoms with Gasteiger partial charge in [-0.3, -0.25) is 9.59 Å². The second kappa shape index (κ2) is 12.4. The number of amides is 2. The van der Waals surface area contributed by atoms with Crippen LogP contribution in [0.4, 0.5) is 0 Å². The van der Waals surface area contributed by atoms with Crippen LogP contribution in [0.5, 0.6) is 17.2 Å². The number of halogens is 3. The highest BCUT2D eigenvalue weighted by Crippen LogP contribution is 2.44. The number of hydrogen-bond acceptors (Lipinski definition) is 8. The molecule has 188 valence electrons. The molecule has 0 unspecified atom stereocenters. The SMILES string of the molecule is COC(=O)[C@H](NC(C)=O)c1cc(Br)c(Oc2cc([C@@H](NC(C)=O)C(=O)OC)cc(Br)c2O)c(Br)c1. The first kappa shape index (κ1) is 28.6. The maximum atomic E-state index is 12.2. The van der Waals surface area contributed by atoms with E-state index in [0.29, 0.717) is 14.5 Å². The zero-order chi connectivity index (χ0) is 26.4. The van der Waals surface area contributed by atoms with Gasteiger partial charge in [0.2, 0.25) is 11.8 Å². The van der Waals surface area contributed by atoms with E-state index in [1.54, 1.807) is 12.1 Å². The van der Waals surface area contributed by atoms with E-state index in [2.05, 4.69) is 58.4 Å². The fraction of sp³-hybridized carbons (Fsp3) is 0.273. The third-order valence-electron chi connectivity index (χ3n) is 4.52. The Bertz CT molecular complexity index is 1150. The summed E-state index contributed by atoms with van der Waals surface area (Å²) in [6.45, 7) is 2.52. The van der Waals surface area contributed by atoms with Crippen LogP contribution >= 0.6 is 47.8 Å². The molecule has 0 aliphatic heterocycles. The van der Waals surface area contributed by atoms with Gasteiger partial charge in [-0.05, 0) is 83.2 Å². The van der Waals surface area contributed by atoms with Gasteiger partial charge in [-0.25, -0.2) is 9.59 Å². The predicted molar refractivity (Wildman–Crippen MR) is 135 cm³/mol. The summed E-state index contributed by atoms with van der Waals surface area (Å²) < 4.78 is 16.4. The lowest BCUT2D eigenvalue weighted by Gasteiger charge is -2.20. The monoisotopic (exact) mass is 678 g/mol. The minimum Gasteiger partial charge on any atom is -0.503 e. The van der Waals surface area contributed by atoms with E-state index in [4.69, 9.17) is 14.2 Å². The Hall–Kier alpha value is -2.64. The van der Waals surface area contributed by atoms with Crippen molar-refractivity contribution in [2.45, 2.75) is 25.9 Å². The molecular weight excluding hydrogens is 660 g/mol. The second-order valence-electron chi connectivity index (χ2n) is 7.08. The molecule has 0 aliphatic carbocycles. The highest BCUT2D eigenvalue weighted by molar-refractivity contribution is 9.11. The van der Waals surface area contributed by atoms with Crippen molar-refractivity contribution in [1.29, 1.82) is 0 Å². The van der Waals surface area contributed by atoms with Crippen LogP contribution in [-0.4, -0.2) is 43.1 Å². The summed E-state index contributed by atoms with van der Waals surface area (Å²) in [5, 5.41) is 15.6. The molecule has 2 rings (SSSR count). The molecule has 0 saturated heterocycles. The Balaban J connectivity index is 2.53. The van der Waals surface area contributed by atoms with Crippen molar-refractivity contribution in [1.82, 2.24) is 10.6 Å². The number of esters is 2. The molecule has 2 aromatic rings. The molecule has 0 spiro atoms. The molecule has 13 heteroatoms. The van der Waals surface area contributed by atoms with E-state index in [0.717, 1.165) is 0 Å². The smallest absolute Gasteiger partial charge is 0.333 e. The molecule has 0 saturated carbocycles. The van der Waals surface area contributed by atoms with E-state index in [1.807, 2.05) is 0 Å². The molecule has 0 bridgehead atoms. The Kier molecular flexibility index (Phi) is 10.1. The number of phenolic OH excluding ortho intramolecular Hbond substituents is 1. The molecule has 35 heavy (non-hydrogen) atoms. The first-order valence-corrected chi connectivity index (χ1v) is 12.2. The van der Waals surface area contributed by atoms with Gasteiger partial charge in [0.15, 0.2) is 29.3 Å². The number of carbonyl (C=O) groups excluding carboxylic acids is 4. The number of aromatic hydroxyl groups is 1. The van der Waals surface area contributed by atoms with Gasteiger partial charge in [0.25, 0.3) is 0 Å². The first-order valence-electron chi connectivity index (χ1n) is 9.78. The number of carbonyl (C=O) groups is 4. The Morgan fingerprint density at radius 2 is 1.17 bits per heavy atom. The first-order chi connectivity index (χ1) is 16.4. The lowest BCUT2D eigenvalue weighted by atomic mass is 10.1. The molecule has 2 amide bonds. The quantitative estimate of drug-likeness (QED) is 0.353. The molecule has 0 radical (unpaired) electrons. The Labute approximate surface area is 226 Å². The van der Waals surface area contributed by atoms with Gasteiger partial charge in [0, 0.05) is 13.8 Å². The van der Waals surface area contributed by atoms with Crippen molar-refractivity contribution in [3.63, 3.8) is 0 Å². The van der Waals surface area contributed by atoms with Crippen LogP contribution in [0.15, 0.2) is 37.7 Å². The van der Waals surface area contributed by atoms with E-state index in [1.165, 1.54) is 40.2 Å². The third-order valence-corrected chi connectivity index (χ3v) is 6.30. The standard InChI is InChI=1S/C22H21Br3N2O8/c1-9(28)26-17(21(31)33-3)11-6-14(24)20(15(25)7-11)35-16-8-12(5-13(23)19(16)30)18(22(32)34-4)27-10(2)29/h5-8,17-18,30H,1-4H3,(H,26,28)(H,27,29)/t17-,18-/m1/s1. The lowest BCUT2D eigenvalue weighted by Crippen LogP contribution is -2.33. The average Bonchev–Trinajstić information content (AvgIpc) is 2.79. The molecule has 0 aliphatic rings. The molecule has 2 aromatic carbocycles. The second-order valence-corrected chi connectivity index (χ2v) is 9.64. The Morgan fingerprint density at radius 3 is 1.57 bits per heavy atom. The van der Waals surface area contributed by atoms with Crippen LogP contribution in [0.25, 0.3) is 0 Å². The summed E-state index contributed by atoms with van der Waals surface area (Å²) in [5.74, 6) is -2.39. The molecule has 0 aromatic heterocycles. The molecular formula is C22H21Br3N2O8. The van der Waals surface area contributed by atoms with Crippen molar-refractivity contribution in [3.8, 4) is 17.2 Å². The maximum Gasteiger partial charge on any atom is 0.333 e. The van der Waals surface area contributed by atoms with Crippen molar-refractivity contribution < 1.29 is 38.5 Å². The van der Waals surface area contributed by atoms with Crippen molar-refractivity contribution in [3.05, 3.63) is 48.8 Å². The fourth-order valence-electron chi connectivity index (χ4n) is 2.99. The molecule has 10 nitrogen and oxygen atoms in total. The third kappa shape index (κ3) is 7.18. The fourth-order valence-corrected chi connectivity index (χ4v) is 4.83. The van der Waals surface area contributed by atoms with Gasteiger partial charge < -0.3 is 30.0 Å². The topological polar surface area (TPSA) is 140 Å². The van der Waals surface area contributed by atoms with E-state index < -0.39 is 35.8 Å². The summed E-state index contributed by atoms with van der Waals surface area (Å²) in [6, 6.07) is 3.69. The number of benzene rings is 2. The van der Waals surface area contributed by atoms with Crippen molar-refractivity contribution in [2.75, 3.05) is 14.2 Å². The van der Waals surface area contributed by atoms with Crippen LogP contribution in [0.1, 0.15) is 37.1 Å². The van der Waals surface area contributed by atoms with Crippen molar-refractivity contribution in [2.24, 2.45) is 0 Å². The number of methoxy groups -OCH3 is 2. The summed E-state index contributed by atoms with van der Waals surface area (Å²) >= 11 is 9.97. The zero-order valence-corrected chi connectivity index (χ0v) is 23.7. The highest BCUT2D eigenvalue weighted by Gasteiger charge is 2.27. The number of rotatable bonds is 8. The van der Waals surface area contributed by atoms with Crippen LogP contribution in [0, 0.1) is 0 Å². The van der Waals surface area contributed by atoms with Gasteiger partial charge in [-0.2, -0.15) is 0 Å². The molecule has 3 N–H and O–H groups in total. The largest absolute Gasteiger partial charge is 0.503 e. The minimum absolute atomic E-state index is 0.0471. The molecule has 0 heterocycles. The normalized spacial score (nSPS) is 12.2. The van der Waals surface area contributed by atoms with Gasteiger partial charge in [0.05, 0.1) is 27.6 Å². The van der Waals surface area contributed by atoms with Gasteiger partial charge >= 0.3 is 11.9 Å². The molecule has 0 fully saturated rings. The van der Waals surface area contributed by atoms with Crippen LogP contribution in [0.3, 0.4) is 0 Å². The van der Waals surface area contributed by atoms with Gasteiger partial charge in [0.1, 0.15) is 0 Å². The summed E-state index contributed by atoms with van der Waals surface area (Å²) in [7, 11) is 2.39. The highest BCUT2D eigenvalue weighted by atomic mass is 79.9. The van der Waals surface area contributed by atoms with Gasteiger partial charge in [-0.1, -0.05) is 0 Å². The van der Waals surface area contributed by atoms with Gasteiger partial charge in [-0.15, -0.1) is 0 Å². The number of ether oxygens (including phenoxy) is 3. The van der Waals surface area contributed by atoms with E-state index in [-0.39, 0.29) is 27.3 Å². The average molecular weight is 681 g/mol. The number of hydrogen-bond donors (Lipinski definition) is 3. The number of phenols is 1. The van der Waals surface area contributed by atoms with Crippen LogP contribution in [0.2, 0.25) is 0 Å². The summed E-state index contributed by atoms with van der Waals surface area (Å²) in [6.07, 6.45) is 0. The van der Waals surface area contributed by atoms with Crippen LogP contribution < -0.4 is 15.4 Å². The lowest BCUT2D eigenvalue weighted by molar-refractivity contribution is -0.145. The maximum absolute atomic E-state index is 12.2.